The molecule has 1 fully saturated rings. The molecule has 0 spiro atoms. The predicted molar refractivity (Wildman–Crippen MR) is 82.4 cm³/mol. The van der Waals surface area contributed by atoms with Crippen LogP contribution in [-0.2, 0) is 6.42 Å². The average molecular weight is 278 g/mol. The average Bonchev–Trinajstić information content (AvgIpc) is 2.47. The van der Waals surface area contributed by atoms with Crippen LogP contribution in [0.2, 0.25) is 0 Å². The van der Waals surface area contributed by atoms with E-state index in [2.05, 4.69) is 27.1 Å². The van der Waals surface area contributed by atoms with Gasteiger partial charge in [-0.05, 0) is 32.2 Å². The van der Waals surface area contributed by atoms with Crippen LogP contribution in [0.25, 0.3) is 0 Å². The highest BCUT2D eigenvalue weighted by Crippen LogP contribution is 2.22. The van der Waals surface area contributed by atoms with E-state index in [1.165, 1.54) is 19.3 Å². The van der Waals surface area contributed by atoms with E-state index >= 15 is 0 Å². The summed E-state index contributed by atoms with van der Waals surface area (Å²) in [4.78, 5) is 21.4. The van der Waals surface area contributed by atoms with Crippen LogP contribution in [0.5, 0.6) is 0 Å². The van der Waals surface area contributed by atoms with Crippen LogP contribution < -0.4 is 15.8 Å². The summed E-state index contributed by atoms with van der Waals surface area (Å²) in [5.74, 6) is 1.62. The van der Waals surface area contributed by atoms with Crippen LogP contribution in [-0.4, -0.2) is 35.6 Å². The molecule has 0 saturated carbocycles. The number of hydrogen-bond donors (Lipinski definition) is 2. The van der Waals surface area contributed by atoms with E-state index in [0.29, 0.717) is 6.04 Å². The molecule has 0 radical (unpaired) electrons. The maximum Gasteiger partial charge on any atom is 0.252 e. The molecule has 0 bridgehead atoms. The third-order valence-electron chi connectivity index (χ3n) is 3.84. The van der Waals surface area contributed by atoms with Gasteiger partial charge in [0.15, 0.2) is 0 Å². The first-order valence-corrected chi connectivity index (χ1v) is 7.82. The SMILES string of the molecule is CCCNCC1CCCCN1c1cc(=O)[nH]c(CC)n1. The normalized spacial score (nSPS) is 19.3. The molecule has 2 rings (SSSR count). The zero-order valence-electron chi connectivity index (χ0n) is 12.6. The van der Waals surface area contributed by atoms with E-state index in [1.807, 2.05) is 6.92 Å². The summed E-state index contributed by atoms with van der Waals surface area (Å²) < 4.78 is 0. The molecular formula is C15H26N4O. The summed E-state index contributed by atoms with van der Waals surface area (Å²) in [5, 5.41) is 3.49. The van der Waals surface area contributed by atoms with Crippen molar-refractivity contribution in [3.63, 3.8) is 0 Å². The molecule has 5 nitrogen and oxygen atoms in total. The molecule has 0 aromatic carbocycles. The maximum absolute atomic E-state index is 11.7. The third kappa shape index (κ3) is 3.82. The van der Waals surface area contributed by atoms with Gasteiger partial charge in [-0.25, -0.2) is 4.98 Å². The Labute approximate surface area is 120 Å². The van der Waals surface area contributed by atoms with Crippen molar-refractivity contribution in [2.45, 2.75) is 52.0 Å². The number of aromatic nitrogens is 2. The summed E-state index contributed by atoms with van der Waals surface area (Å²) in [5.41, 5.74) is -0.0438. The fraction of sp³-hybridized carbons (Fsp3) is 0.733. The summed E-state index contributed by atoms with van der Waals surface area (Å²) >= 11 is 0. The Morgan fingerprint density at radius 2 is 2.30 bits per heavy atom. The van der Waals surface area contributed by atoms with Crippen LogP contribution in [0.1, 0.15) is 45.4 Å². The quantitative estimate of drug-likeness (QED) is 0.777. The van der Waals surface area contributed by atoms with Gasteiger partial charge in [-0.15, -0.1) is 0 Å². The van der Waals surface area contributed by atoms with Gasteiger partial charge in [0, 0.05) is 31.6 Å². The monoisotopic (exact) mass is 278 g/mol. The minimum atomic E-state index is -0.0438. The van der Waals surface area contributed by atoms with Crippen molar-refractivity contribution in [2.24, 2.45) is 0 Å². The van der Waals surface area contributed by atoms with Gasteiger partial charge in [-0.3, -0.25) is 4.79 Å². The van der Waals surface area contributed by atoms with Crippen molar-refractivity contribution in [1.29, 1.82) is 0 Å². The van der Waals surface area contributed by atoms with E-state index in [-0.39, 0.29) is 5.56 Å². The van der Waals surface area contributed by atoms with Crippen molar-refractivity contribution in [1.82, 2.24) is 15.3 Å². The van der Waals surface area contributed by atoms with Gasteiger partial charge in [0.25, 0.3) is 5.56 Å². The summed E-state index contributed by atoms with van der Waals surface area (Å²) in [6, 6.07) is 2.09. The van der Waals surface area contributed by atoms with E-state index in [9.17, 15) is 4.79 Å². The molecular weight excluding hydrogens is 252 g/mol. The first kappa shape index (κ1) is 15.0. The Kier molecular flexibility index (Phi) is 5.59. The Morgan fingerprint density at radius 1 is 1.45 bits per heavy atom. The van der Waals surface area contributed by atoms with Gasteiger partial charge < -0.3 is 15.2 Å². The fourth-order valence-corrected chi connectivity index (χ4v) is 2.77. The molecule has 1 atom stereocenters. The molecule has 112 valence electrons. The van der Waals surface area contributed by atoms with Crippen LogP contribution >= 0.6 is 0 Å². The molecule has 1 saturated heterocycles. The van der Waals surface area contributed by atoms with Crippen molar-refractivity contribution in [2.75, 3.05) is 24.5 Å². The molecule has 2 heterocycles. The summed E-state index contributed by atoms with van der Waals surface area (Å²) in [6.45, 7) is 7.21. The lowest BCUT2D eigenvalue weighted by Crippen LogP contribution is -2.46. The first-order chi connectivity index (χ1) is 9.74. The molecule has 20 heavy (non-hydrogen) atoms. The molecule has 1 unspecified atom stereocenters. The van der Waals surface area contributed by atoms with Crippen LogP contribution in [0.15, 0.2) is 10.9 Å². The zero-order valence-corrected chi connectivity index (χ0v) is 12.6. The highest BCUT2D eigenvalue weighted by atomic mass is 16.1. The number of H-pyrrole nitrogens is 1. The predicted octanol–water partition coefficient (Wildman–Crippen LogP) is 1.69. The highest BCUT2D eigenvalue weighted by molar-refractivity contribution is 5.39. The number of rotatable bonds is 6. The molecule has 5 heteroatoms. The number of nitrogens with zero attached hydrogens (tertiary/aromatic N) is 2. The van der Waals surface area contributed by atoms with E-state index in [1.54, 1.807) is 6.07 Å². The number of hydrogen-bond acceptors (Lipinski definition) is 4. The van der Waals surface area contributed by atoms with Gasteiger partial charge in [-0.1, -0.05) is 13.8 Å². The van der Waals surface area contributed by atoms with Crippen molar-refractivity contribution in [3.05, 3.63) is 22.2 Å². The second-order valence-corrected chi connectivity index (χ2v) is 5.45. The molecule has 1 aliphatic rings. The lowest BCUT2D eigenvalue weighted by Gasteiger charge is -2.37. The Hall–Kier alpha value is -1.36. The summed E-state index contributed by atoms with van der Waals surface area (Å²) in [6.07, 6.45) is 5.53. The van der Waals surface area contributed by atoms with Gasteiger partial charge in [0.2, 0.25) is 0 Å². The maximum atomic E-state index is 11.7. The lowest BCUT2D eigenvalue weighted by atomic mass is 10.0. The number of nitrogens with one attached hydrogen (secondary N) is 2. The van der Waals surface area contributed by atoms with E-state index < -0.39 is 0 Å². The van der Waals surface area contributed by atoms with Gasteiger partial charge in [0.05, 0.1) is 0 Å². The molecule has 1 aromatic rings. The van der Waals surface area contributed by atoms with E-state index in [0.717, 1.165) is 44.1 Å². The van der Waals surface area contributed by atoms with Gasteiger partial charge in [0.1, 0.15) is 11.6 Å². The topological polar surface area (TPSA) is 61.0 Å². The molecule has 1 aliphatic heterocycles. The standard InChI is InChI=1S/C15H26N4O/c1-3-8-16-11-12-7-5-6-9-19(12)14-10-15(20)18-13(4-2)17-14/h10,12,16H,3-9,11H2,1-2H3,(H,17,18,20). The number of piperidine rings is 1. The second-order valence-electron chi connectivity index (χ2n) is 5.45. The first-order valence-electron chi connectivity index (χ1n) is 7.82. The van der Waals surface area contributed by atoms with Gasteiger partial charge in [-0.2, -0.15) is 0 Å². The van der Waals surface area contributed by atoms with E-state index in [4.69, 9.17) is 0 Å². The summed E-state index contributed by atoms with van der Waals surface area (Å²) in [7, 11) is 0. The number of aromatic amines is 1. The van der Waals surface area contributed by atoms with Crippen LogP contribution in [0.4, 0.5) is 5.82 Å². The molecule has 0 amide bonds. The lowest BCUT2D eigenvalue weighted by molar-refractivity contribution is 0.432. The van der Waals surface area contributed by atoms with Crippen molar-refractivity contribution in [3.8, 4) is 0 Å². The minimum absolute atomic E-state index is 0.0438. The number of anilines is 1. The largest absolute Gasteiger partial charge is 0.352 e. The smallest absolute Gasteiger partial charge is 0.252 e. The Bertz CT molecular complexity index is 471. The van der Waals surface area contributed by atoms with Gasteiger partial charge >= 0.3 is 0 Å². The molecule has 2 N–H and O–H groups in total. The highest BCUT2D eigenvalue weighted by Gasteiger charge is 2.23. The minimum Gasteiger partial charge on any atom is -0.352 e. The molecule has 1 aromatic heterocycles. The van der Waals surface area contributed by atoms with Crippen molar-refractivity contribution < 1.29 is 0 Å². The van der Waals surface area contributed by atoms with Crippen LogP contribution in [0.3, 0.4) is 0 Å². The third-order valence-corrected chi connectivity index (χ3v) is 3.84. The second kappa shape index (κ2) is 7.43. The fourth-order valence-electron chi connectivity index (χ4n) is 2.77. The molecule has 0 aliphatic carbocycles. The van der Waals surface area contributed by atoms with Crippen LogP contribution in [0, 0.1) is 0 Å². The number of aryl methyl sites for hydroxylation is 1. The van der Waals surface area contributed by atoms with Crippen molar-refractivity contribution >= 4 is 5.82 Å². The zero-order chi connectivity index (χ0) is 14.4. The Morgan fingerprint density at radius 3 is 3.05 bits per heavy atom. The Balaban J connectivity index is 2.14.